The van der Waals surface area contributed by atoms with Gasteiger partial charge in [-0.25, -0.2) is 0 Å². The number of halogens is 2. The maximum atomic E-state index is 11.2. The van der Waals surface area contributed by atoms with Gasteiger partial charge in [-0.1, -0.05) is 23.2 Å². The van der Waals surface area contributed by atoms with Crippen LogP contribution in [-0.2, 0) is 0 Å². The quantitative estimate of drug-likeness (QED) is 0.714. The first-order valence-corrected chi connectivity index (χ1v) is 4.36. The number of ketones is 1. The van der Waals surface area contributed by atoms with Gasteiger partial charge >= 0.3 is 0 Å². The van der Waals surface area contributed by atoms with Crippen molar-refractivity contribution in [3.05, 3.63) is 27.7 Å². The summed E-state index contributed by atoms with van der Waals surface area (Å²) in [7, 11) is 1.45. The molecule has 0 atom stereocenters. The minimum atomic E-state index is -0.163. The molecule has 0 spiro atoms. The molecular formula is C9H8Cl2O2. The molecule has 0 saturated carbocycles. The molecule has 2 nitrogen and oxygen atoms in total. The lowest BCUT2D eigenvalue weighted by molar-refractivity contribution is 0.101. The van der Waals surface area contributed by atoms with E-state index in [1.165, 1.54) is 14.0 Å². The molecule has 0 aliphatic heterocycles. The van der Waals surface area contributed by atoms with E-state index in [1.54, 1.807) is 12.1 Å². The van der Waals surface area contributed by atoms with E-state index in [9.17, 15) is 4.79 Å². The summed E-state index contributed by atoms with van der Waals surface area (Å²) >= 11 is 11.6. The van der Waals surface area contributed by atoms with Gasteiger partial charge in [0.15, 0.2) is 5.78 Å². The maximum absolute atomic E-state index is 11.2. The molecule has 0 saturated heterocycles. The minimum Gasteiger partial charge on any atom is -0.494 e. The summed E-state index contributed by atoms with van der Waals surface area (Å²) in [4.78, 5) is 11.2. The molecule has 1 aromatic rings. The summed E-state index contributed by atoms with van der Waals surface area (Å²) in [6.45, 7) is 1.42. The highest BCUT2D eigenvalue weighted by Crippen LogP contribution is 2.33. The topological polar surface area (TPSA) is 26.3 Å². The smallest absolute Gasteiger partial charge is 0.165 e. The largest absolute Gasteiger partial charge is 0.494 e. The molecule has 0 aliphatic rings. The monoisotopic (exact) mass is 218 g/mol. The Morgan fingerprint density at radius 3 is 2.23 bits per heavy atom. The Balaban J connectivity index is 3.43. The Hall–Kier alpha value is -0.730. The Kier molecular flexibility index (Phi) is 3.17. The van der Waals surface area contributed by atoms with Gasteiger partial charge in [-0.3, -0.25) is 4.79 Å². The second-order valence-electron chi connectivity index (χ2n) is 2.49. The Morgan fingerprint density at radius 2 is 1.85 bits per heavy atom. The zero-order valence-electron chi connectivity index (χ0n) is 7.23. The van der Waals surface area contributed by atoms with Crippen molar-refractivity contribution < 1.29 is 9.53 Å². The average Bonchev–Trinajstić information content (AvgIpc) is 2.07. The van der Waals surface area contributed by atoms with E-state index in [0.717, 1.165) is 0 Å². The van der Waals surface area contributed by atoms with Crippen LogP contribution in [0.3, 0.4) is 0 Å². The van der Waals surface area contributed by atoms with Crippen LogP contribution in [0.1, 0.15) is 17.3 Å². The number of methoxy groups -OCH3 is 1. The molecular weight excluding hydrogens is 211 g/mol. The fourth-order valence-electron chi connectivity index (χ4n) is 1.06. The summed E-state index contributed by atoms with van der Waals surface area (Å²) < 4.78 is 4.98. The standard InChI is InChI=1S/C9H8Cl2O2/c1-5(12)8-6(10)3-4-7(11)9(8)13-2/h3-4H,1-2H3. The second-order valence-corrected chi connectivity index (χ2v) is 3.31. The third-order valence-corrected chi connectivity index (χ3v) is 2.23. The molecule has 0 heterocycles. The van der Waals surface area contributed by atoms with E-state index in [0.29, 0.717) is 21.4 Å². The number of hydrogen-bond donors (Lipinski definition) is 0. The molecule has 1 rings (SSSR count). The lowest BCUT2D eigenvalue weighted by atomic mass is 10.1. The van der Waals surface area contributed by atoms with Crippen molar-refractivity contribution in [2.75, 3.05) is 7.11 Å². The highest BCUT2D eigenvalue weighted by atomic mass is 35.5. The lowest BCUT2D eigenvalue weighted by Gasteiger charge is -2.08. The minimum absolute atomic E-state index is 0.163. The average molecular weight is 219 g/mol. The molecule has 0 unspecified atom stereocenters. The molecule has 0 aromatic heterocycles. The van der Waals surface area contributed by atoms with Crippen molar-refractivity contribution in [1.29, 1.82) is 0 Å². The van der Waals surface area contributed by atoms with Gasteiger partial charge in [0.05, 0.1) is 22.7 Å². The van der Waals surface area contributed by atoms with Gasteiger partial charge in [0.1, 0.15) is 5.75 Å². The molecule has 0 fully saturated rings. The zero-order valence-corrected chi connectivity index (χ0v) is 8.74. The van der Waals surface area contributed by atoms with Crippen LogP contribution in [-0.4, -0.2) is 12.9 Å². The number of rotatable bonds is 2. The second kappa shape index (κ2) is 3.99. The third kappa shape index (κ3) is 1.95. The fraction of sp³-hybridized carbons (Fsp3) is 0.222. The number of hydrogen-bond acceptors (Lipinski definition) is 2. The van der Waals surface area contributed by atoms with Crippen molar-refractivity contribution in [3.8, 4) is 5.75 Å². The number of Topliss-reactive ketones (excluding diaryl/α,β-unsaturated/α-hetero) is 1. The van der Waals surface area contributed by atoms with Crippen LogP contribution in [0, 0.1) is 0 Å². The number of ether oxygens (including phenoxy) is 1. The van der Waals surface area contributed by atoms with Crippen LogP contribution in [0.15, 0.2) is 12.1 Å². The predicted molar refractivity (Wildman–Crippen MR) is 53.0 cm³/mol. The molecule has 4 heteroatoms. The Labute approximate surface area is 86.4 Å². The molecule has 1 aromatic carbocycles. The van der Waals surface area contributed by atoms with Crippen molar-refractivity contribution in [3.63, 3.8) is 0 Å². The first-order chi connectivity index (χ1) is 6.07. The van der Waals surface area contributed by atoms with Crippen LogP contribution < -0.4 is 4.74 Å². The summed E-state index contributed by atoms with van der Waals surface area (Å²) in [6, 6.07) is 3.16. The van der Waals surface area contributed by atoms with Crippen LogP contribution in [0.5, 0.6) is 5.75 Å². The molecule has 0 N–H and O–H groups in total. The zero-order chi connectivity index (χ0) is 10.0. The first kappa shape index (κ1) is 10.4. The van der Waals surface area contributed by atoms with Gasteiger partial charge < -0.3 is 4.74 Å². The van der Waals surface area contributed by atoms with Gasteiger partial charge in [0, 0.05) is 0 Å². The maximum Gasteiger partial charge on any atom is 0.165 e. The van der Waals surface area contributed by atoms with Crippen LogP contribution in [0.4, 0.5) is 0 Å². The molecule has 0 radical (unpaired) electrons. The SMILES string of the molecule is COc1c(Cl)ccc(Cl)c1C(C)=O. The molecule has 0 aliphatic carbocycles. The number of benzene rings is 1. The number of carbonyl (C=O) groups excluding carboxylic acids is 1. The third-order valence-electron chi connectivity index (χ3n) is 1.61. The van der Waals surface area contributed by atoms with E-state index in [-0.39, 0.29) is 5.78 Å². The van der Waals surface area contributed by atoms with Gasteiger partial charge in [0.2, 0.25) is 0 Å². The van der Waals surface area contributed by atoms with E-state index in [2.05, 4.69) is 0 Å². The highest BCUT2D eigenvalue weighted by Gasteiger charge is 2.15. The van der Waals surface area contributed by atoms with Gasteiger partial charge in [-0.05, 0) is 19.1 Å². The van der Waals surface area contributed by atoms with Gasteiger partial charge in [0.25, 0.3) is 0 Å². The summed E-state index contributed by atoms with van der Waals surface area (Å²) in [5.74, 6) is 0.172. The summed E-state index contributed by atoms with van der Waals surface area (Å²) in [5.41, 5.74) is 0.330. The van der Waals surface area contributed by atoms with Crippen molar-refractivity contribution in [2.45, 2.75) is 6.92 Å². The van der Waals surface area contributed by atoms with Crippen LogP contribution in [0.2, 0.25) is 10.0 Å². The Bertz CT molecular complexity index is 348. The predicted octanol–water partition coefficient (Wildman–Crippen LogP) is 3.20. The molecule has 0 amide bonds. The summed E-state index contributed by atoms with van der Waals surface area (Å²) in [5, 5.41) is 0.742. The van der Waals surface area contributed by atoms with Crippen molar-refractivity contribution in [1.82, 2.24) is 0 Å². The first-order valence-electron chi connectivity index (χ1n) is 3.61. The van der Waals surface area contributed by atoms with Crippen LogP contribution >= 0.6 is 23.2 Å². The van der Waals surface area contributed by atoms with E-state index >= 15 is 0 Å². The molecule has 13 heavy (non-hydrogen) atoms. The van der Waals surface area contributed by atoms with Gasteiger partial charge in [-0.2, -0.15) is 0 Å². The van der Waals surface area contributed by atoms with E-state index < -0.39 is 0 Å². The number of carbonyl (C=O) groups is 1. The summed E-state index contributed by atoms with van der Waals surface area (Å²) in [6.07, 6.45) is 0. The fourth-order valence-corrected chi connectivity index (χ4v) is 1.58. The Morgan fingerprint density at radius 1 is 1.31 bits per heavy atom. The van der Waals surface area contributed by atoms with Crippen molar-refractivity contribution in [2.24, 2.45) is 0 Å². The molecule has 70 valence electrons. The highest BCUT2D eigenvalue weighted by molar-refractivity contribution is 6.37. The normalized spacial score (nSPS) is 9.85. The van der Waals surface area contributed by atoms with Gasteiger partial charge in [-0.15, -0.1) is 0 Å². The van der Waals surface area contributed by atoms with Crippen LogP contribution in [0.25, 0.3) is 0 Å². The lowest BCUT2D eigenvalue weighted by Crippen LogP contribution is -1.99. The van der Waals surface area contributed by atoms with E-state index in [4.69, 9.17) is 27.9 Å². The van der Waals surface area contributed by atoms with E-state index in [1.807, 2.05) is 0 Å². The molecule has 0 bridgehead atoms. The van der Waals surface area contributed by atoms with Crippen molar-refractivity contribution >= 4 is 29.0 Å².